The molecule has 2 heterocycles. The highest BCUT2D eigenvalue weighted by Gasteiger charge is 2.14. The van der Waals surface area contributed by atoms with E-state index in [4.69, 9.17) is 28.4 Å². The SMILES string of the molecule is COc1cc(OC)nc(Oc2cccc(Oc3nc(OC)cc(OC)n3)c2C)n1. The molecule has 1 aromatic carbocycles. The van der Waals surface area contributed by atoms with E-state index in [-0.39, 0.29) is 12.0 Å². The fraction of sp³-hybridized carbons (Fsp3) is 0.263. The summed E-state index contributed by atoms with van der Waals surface area (Å²) in [6.07, 6.45) is 0. The topological polar surface area (TPSA) is 107 Å². The van der Waals surface area contributed by atoms with Crippen molar-refractivity contribution >= 4 is 0 Å². The monoisotopic (exact) mass is 400 g/mol. The minimum atomic E-state index is 0.0701. The lowest BCUT2D eigenvalue weighted by Gasteiger charge is -2.13. The van der Waals surface area contributed by atoms with Crippen molar-refractivity contribution < 1.29 is 28.4 Å². The van der Waals surface area contributed by atoms with Crippen molar-refractivity contribution in [3.63, 3.8) is 0 Å². The Labute approximate surface area is 167 Å². The zero-order chi connectivity index (χ0) is 20.8. The summed E-state index contributed by atoms with van der Waals surface area (Å²) in [4.78, 5) is 16.6. The molecule has 2 aromatic heterocycles. The van der Waals surface area contributed by atoms with E-state index < -0.39 is 0 Å². The third kappa shape index (κ3) is 4.72. The minimum absolute atomic E-state index is 0.0701. The molecule has 0 aliphatic heterocycles. The van der Waals surface area contributed by atoms with Gasteiger partial charge in [0.2, 0.25) is 23.5 Å². The van der Waals surface area contributed by atoms with Crippen LogP contribution in [-0.2, 0) is 0 Å². The van der Waals surface area contributed by atoms with E-state index in [0.717, 1.165) is 0 Å². The van der Waals surface area contributed by atoms with Gasteiger partial charge in [-0.05, 0) is 19.1 Å². The van der Waals surface area contributed by atoms with Crippen LogP contribution < -0.4 is 28.4 Å². The van der Waals surface area contributed by atoms with Crippen LogP contribution >= 0.6 is 0 Å². The minimum Gasteiger partial charge on any atom is -0.481 e. The van der Waals surface area contributed by atoms with Crippen molar-refractivity contribution in [3.8, 4) is 47.0 Å². The second-order valence-electron chi connectivity index (χ2n) is 5.55. The maximum absolute atomic E-state index is 5.81. The Morgan fingerprint density at radius 3 is 1.24 bits per heavy atom. The number of ether oxygens (including phenoxy) is 6. The molecule has 0 aliphatic rings. The van der Waals surface area contributed by atoms with Crippen LogP contribution in [-0.4, -0.2) is 48.4 Å². The van der Waals surface area contributed by atoms with Crippen molar-refractivity contribution in [1.29, 1.82) is 0 Å². The first kappa shape index (κ1) is 19.9. The van der Waals surface area contributed by atoms with Crippen LogP contribution in [0.3, 0.4) is 0 Å². The molecule has 0 amide bonds. The first-order chi connectivity index (χ1) is 14.1. The van der Waals surface area contributed by atoms with Crippen LogP contribution in [0.2, 0.25) is 0 Å². The molecule has 152 valence electrons. The van der Waals surface area contributed by atoms with E-state index in [0.29, 0.717) is 40.6 Å². The molecule has 29 heavy (non-hydrogen) atoms. The first-order valence-electron chi connectivity index (χ1n) is 8.45. The van der Waals surface area contributed by atoms with E-state index in [9.17, 15) is 0 Å². The van der Waals surface area contributed by atoms with Crippen LogP contribution in [0.1, 0.15) is 5.56 Å². The first-order valence-corrected chi connectivity index (χ1v) is 8.45. The normalized spacial score (nSPS) is 10.2. The number of hydrogen-bond donors (Lipinski definition) is 0. The number of nitrogens with zero attached hydrogens (tertiary/aromatic N) is 4. The summed E-state index contributed by atoms with van der Waals surface area (Å²) in [5.41, 5.74) is 0.684. The van der Waals surface area contributed by atoms with Crippen LogP contribution in [0.4, 0.5) is 0 Å². The maximum Gasteiger partial charge on any atom is 0.328 e. The van der Waals surface area contributed by atoms with Crippen LogP contribution in [0.25, 0.3) is 0 Å². The largest absolute Gasteiger partial charge is 0.481 e. The van der Waals surface area contributed by atoms with E-state index in [1.165, 1.54) is 28.4 Å². The molecule has 0 aliphatic carbocycles. The van der Waals surface area contributed by atoms with Gasteiger partial charge in [-0.15, -0.1) is 0 Å². The van der Waals surface area contributed by atoms with Gasteiger partial charge in [0.05, 0.1) is 40.6 Å². The third-order valence-electron chi connectivity index (χ3n) is 3.79. The summed E-state index contributed by atoms with van der Waals surface area (Å²) in [5, 5.41) is 0. The van der Waals surface area contributed by atoms with Crippen molar-refractivity contribution in [1.82, 2.24) is 19.9 Å². The Balaban J connectivity index is 1.89. The molecular formula is C19H20N4O6. The highest BCUT2D eigenvalue weighted by atomic mass is 16.5. The Kier molecular flexibility index (Phi) is 6.12. The van der Waals surface area contributed by atoms with Gasteiger partial charge in [-0.3, -0.25) is 0 Å². The molecule has 10 nitrogen and oxygen atoms in total. The van der Waals surface area contributed by atoms with Crippen LogP contribution in [0, 0.1) is 6.92 Å². The van der Waals surface area contributed by atoms with E-state index in [1.54, 1.807) is 30.3 Å². The number of aromatic nitrogens is 4. The highest BCUT2D eigenvalue weighted by molar-refractivity contribution is 5.46. The smallest absolute Gasteiger partial charge is 0.328 e. The molecule has 0 atom stereocenters. The molecule has 0 unspecified atom stereocenters. The standard InChI is InChI=1S/C19H20N4O6/c1-11-12(28-18-20-14(24-2)9-15(21-18)25-3)7-6-8-13(11)29-19-22-16(26-4)10-17(23-19)27-5/h6-10H,1-5H3. The van der Waals surface area contributed by atoms with E-state index in [1.807, 2.05) is 6.92 Å². The molecular weight excluding hydrogens is 380 g/mol. The second-order valence-corrected chi connectivity index (χ2v) is 5.55. The fourth-order valence-electron chi connectivity index (χ4n) is 2.29. The Hall–Kier alpha value is -3.82. The second kappa shape index (κ2) is 8.91. The number of rotatable bonds is 8. The van der Waals surface area contributed by atoms with Crippen molar-refractivity contribution in [2.75, 3.05) is 28.4 Å². The summed E-state index contributed by atoms with van der Waals surface area (Å²) in [5.74, 6) is 2.21. The predicted octanol–water partition coefficient (Wildman–Crippen LogP) is 3.19. The van der Waals surface area contributed by atoms with Gasteiger partial charge in [0, 0.05) is 5.56 Å². The summed E-state index contributed by atoms with van der Waals surface area (Å²) >= 11 is 0. The van der Waals surface area contributed by atoms with Crippen molar-refractivity contribution in [2.24, 2.45) is 0 Å². The lowest BCUT2D eigenvalue weighted by atomic mass is 10.2. The summed E-state index contributed by atoms with van der Waals surface area (Å²) < 4.78 is 32.2. The third-order valence-corrected chi connectivity index (χ3v) is 3.79. The van der Waals surface area contributed by atoms with Gasteiger partial charge in [-0.2, -0.15) is 19.9 Å². The van der Waals surface area contributed by atoms with Gasteiger partial charge in [0.15, 0.2) is 0 Å². The zero-order valence-corrected chi connectivity index (χ0v) is 16.6. The zero-order valence-electron chi connectivity index (χ0n) is 16.6. The Morgan fingerprint density at radius 1 is 0.586 bits per heavy atom. The van der Waals surface area contributed by atoms with Crippen LogP contribution in [0.15, 0.2) is 30.3 Å². The van der Waals surface area contributed by atoms with Gasteiger partial charge >= 0.3 is 12.0 Å². The molecule has 0 fully saturated rings. The molecule has 10 heteroatoms. The maximum atomic E-state index is 5.81. The van der Waals surface area contributed by atoms with Gasteiger partial charge in [0.1, 0.15) is 11.5 Å². The van der Waals surface area contributed by atoms with Gasteiger partial charge in [0.25, 0.3) is 0 Å². The molecule has 0 saturated carbocycles. The van der Waals surface area contributed by atoms with Crippen molar-refractivity contribution in [3.05, 3.63) is 35.9 Å². The molecule has 0 N–H and O–H groups in total. The molecule has 0 bridgehead atoms. The lowest BCUT2D eigenvalue weighted by Crippen LogP contribution is -2.00. The summed E-state index contributed by atoms with van der Waals surface area (Å²) in [6.45, 7) is 1.82. The Morgan fingerprint density at radius 2 is 0.931 bits per heavy atom. The van der Waals surface area contributed by atoms with Crippen molar-refractivity contribution in [2.45, 2.75) is 6.92 Å². The van der Waals surface area contributed by atoms with E-state index in [2.05, 4.69) is 19.9 Å². The quantitative estimate of drug-likeness (QED) is 0.559. The molecule has 0 radical (unpaired) electrons. The average molecular weight is 400 g/mol. The van der Waals surface area contributed by atoms with Gasteiger partial charge in [-0.1, -0.05) is 6.07 Å². The molecule has 3 rings (SSSR count). The van der Waals surface area contributed by atoms with E-state index >= 15 is 0 Å². The number of benzene rings is 1. The van der Waals surface area contributed by atoms with Crippen LogP contribution in [0.5, 0.6) is 47.0 Å². The fourth-order valence-corrected chi connectivity index (χ4v) is 2.29. The molecule has 0 saturated heterocycles. The number of methoxy groups -OCH3 is 4. The lowest BCUT2D eigenvalue weighted by molar-refractivity contribution is 0.343. The predicted molar refractivity (Wildman–Crippen MR) is 102 cm³/mol. The molecule has 0 spiro atoms. The summed E-state index contributed by atoms with van der Waals surface area (Å²) in [7, 11) is 5.97. The summed E-state index contributed by atoms with van der Waals surface area (Å²) in [6, 6.07) is 8.50. The average Bonchev–Trinajstić information content (AvgIpc) is 2.75. The Bertz CT molecular complexity index is 878. The van der Waals surface area contributed by atoms with Gasteiger partial charge in [-0.25, -0.2) is 0 Å². The van der Waals surface area contributed by atoms with Gasteiger partial charge < -0.3 is 28.4 Å². The number of hydrogen-bond acceptors (Lipinski definition) is 10. The molecule has 3 aromatic rings. The highest BCUT2D eigenvalue weighted by Crippen LogP contribution is 2.33.